The molecule has 0 bridgehead atoms. The van der Waals surface area contributed by atoms with Crippen LogP contribution in [-0.4, -0.2) is 24.7 Å². The number of nitrogens with one attached hydrogen (secondary N) is 1. The number of benzene rings is 1. The average Bonchev–Trinajstić information content (AvgIpc) is 2.81. The highest BCUT2D eigenvalue weighted by Gasteiger charge is 2.17. The van der Waals surface area contributed by atoms with Gasteiger partial charge in [-0.3, -0.25) is 0 Å². The van der Waals surface area contributed by atoms with E-state index in [-0.39, 0.29) is 5.97 Å². The van der Waals surface area contributed by atoms with Crippen molar-refractivity contribution >= 4 is 5.97 Å². The molecule has 0 aliphatic heterocycles. The molecule has 0 spiro atoms. The van der Waals surface area contributed by atoms with E-state index in [1.807, 2.05) is 44.3 Å². The van der Waals surface area contributed by atoms with Crippen LogP contribution < -0.4 is 4.74 Å². The average molecular weight is 273 g/mol. The Kier molecular flexibility index (Phi) is 4.45. The van der Waals surface area contributed by atoms with Crippen LogP contribution in [0.15, 0.2) is 30.5 Å². The van der Waals surface area contributed by atoms with E-state index in [4.69, 9.17) is 9.47 Å². The first kappa shape index (κ1) is 14.2. The molecule has 2 rings (SSSR count). The number of aryl methyl sites for hydroxylation is 1. The third-order valence-corrected chi connectivity index (χ3v) is 3.19. The first-order valence-corrected chi connectivity index (χ1v) is 6.62. The number of aromatic amines is 1. The minimum Gasteiger partial charge on any atom is -0.497 e. The van der Waals surface area contributed by atoms with E-state index in [0.717, 1.165) is 22.6 Å². The number of H-pyrrole nitrogens is 1. The van der Waals surface area contributed by atoms with Crippen LogP contribution in [0.1, 0.15) is 34.1 Å². The minimum atomic E-state index is -0.269. The molecular weight excluding hydrogens is 254 g/mol. The second-order valence-corrected chi connectivity index (χ2v) is 4.56. The molecule has 0 aliphatic carbocycles. The zero-order chi connectivity index (χ0) is 14.5. The molecule has 0 radical (unpaired) electrons. The van der Waals surface area contributed by atoms with Gasteiger partial charge in [0.25, 0.3) is 0 Å². The summed E-state index contributed by atoms with van der Waals surface area (Å²) in [5.41, 5.74) is 3.55. The molecule has 0 atom stereocenters. The van der Waals surface area contributed by atoms with E-state index < -0.39 is 0 Å². The molecule has 0 fully saturated rings. The van der Waals surface area contributed by atoms with Crippen LogP contribution in [0, 0.1) is 6.92 Å². The number of methoxy groups -OCH3 is 1. The maximum absolute atomic E-state index is 12.0. The van der Waals surface area contributed by atoms with E-state index >= 15 is 0 Å². The molecular formula is C16H19NO3. The van der Waals surface area contributed by atoms with Crippen molar-refractivity contribution in [3.05, 3.63) is 52.8 Å². The predicted molar refractivity (Wildman–Crippen MR) is 77.3 cm³/mol. The lowest BCUT2D eigenvalue weighted by Gasteiger charge is -2.06. The maximum atomic E-state index is 12.0. The molecule has 1 N–H and O–H groups in total. The molecule has 1 aromatic heterocycles. The second-order valence-electron chi connectivity index (χ2n) is 4.56. The number of rotatable bonds is 5. The van der Waals surface area contributed by atoms with Crippen LogP contribution in [0.25, 0.3) is 0 Å². The molecule has 4 heteroatoms. The standard InChI is InChI=1S/C16H19NO3/c1-4-20-16(18)15-11(2)17-10-13(15)9-12-5-7-14(19-3)8-6-12/h5-8,10,17H,4,9H2,1-3H3. The molecule has 0 unspecified atom stereocenters. The molecule has 1 heterocycles. The van der Waals surface area contributed by atoms with E-state index in [1.165, 1.54) is 0 Å². The lowest BCUT2D eigenvalue weighted by molar-refractivity contribution is 0.0524. The smallest absolute Gasteiger partial charge is 0.340 e. The van der Waals surface area contributed by atoms with Gasteiger partial charge in [0.15, 0.2) is 0 Å². The van der Waals surface area contributed by atoms with Crippen LogP contribution in [0.4, 0.5) is 0 Å². The van der Waals surface area contributed by atoms with Crippen molar-refractivity contribution in [3.8, 4) is 5.75 Å². The molecule has 4 nitrogen and oxygen atoms in total. The number of carbonyl (C=O) groups excluding carboxylic acids is 1. The summed E-state index contributed by atoms with van der Waals surface area (Å²) in [4.78, 5) is 15.1. The Balaban J connectivity index is 2.22. The minimum absolute atomic E-state index is 0.269. The quantitative estimate of drug-likeness (QED) is 0.852. The van der Waals surface area contributed by atoms with E-state index in [9.17, 15) is 4.79 Å². The highest BCUT2D eigenvalue weighted by atomic mass is 16.5. The number of esters is 1. The number of hydrogen-bond donors (Lipinski definition) is 1. The maximum Gasteiger partial charge on any atom is 0.340 e. The topological polar surface area (TPSA) is 51.3 Å². The molecule has 106 valence electrons. The van der Waals surface area contributed by atoms with Crippen LogP contribution in [0.3, 0.4) is 0 Å². The van der Waals surface area contributed by atoms with Crippen molar-refractivity contribution < 1.29 is 14.3 Å². The molecule has 1 aromatic carbocycles. The van der Waals surface area contributed by atoms with Gasteiger partial charge >= 0.3 is 5.97 Å². The van der Waals surface area contributed by atoms with Gasteiger partial charge in [-0.2, -0.15) is 0 Å². The highest BCUT2D eigenvalue weighted by Crippen LogP contribution is 2.20. The van der Waals surface area contributed by atoms with Gasteiger partial charge in [0.05, 0.1) is 19.3 Å². The predicted octanol–water partition coefficient (Wildman–Crippen LogP) is 3.10. The van der Waals surface area contributed by atoms with Gasteiger partial charge in [0.1, 0.15) is 5.75 Å². The Labute approximate surface area is 118 Å². The molecule has 20 heavy (non-hydrogen) atoms. The molecule has 0 saturated heterocycles. The summed E-state index contributed by atoms with van der Waals surface area (Å²) in [5, 5.41) is 0. The summed E-state index contributed by atoms with van der Waals surface area (Å²) in [6.07, 6.45) is 2.55. The van der Waals surface area contributed by atoms with E-state index in [0.29, 0.717) is 18.6 Å². The molecule has 0 aliphatic rings. The van der Waals surface area contributed by atoms with E-state index in [2.05, 4.69) is 4.98 Å². The normalized spacial score (nSPS) is 10.3. The van der Waals surface area contributed by atoms with Gasteiger partial charge in [0, 0.05) is 11.9 Å². The van der Waals surface area contributed by atoms with Crippen molar-refractivity contribution in [3.63, 3.8) is 0 Å². The number of carbonyl (C=O) groups is 1. The fraction of sp³-hybridized carbons (Fsp3) is 0.312. The summed E-state index contributed by atoms with van der Waals surface area (Å²) in [6.45, 7) is 4.07. The van der Waals surface area contributed by atoms with Crippen LogP contribution in [0.5, 0.6) is 5.75 Å². The molecule has 0 saturated carbocycles. The van der Waals surface area contributed by atoms with Gasteiger partial charge in [-0.15, -0.1) is 0 Å². The Morgan fingerprint density at radius 1 is 1.25 bits per heavy atom. The zero-order valence-electron chi connectivity index (χ0n) is 12.0. The molecule has 2 aromatic rings. The number of hydrogen-bond acceptors (Lipinski definition) is 3. The Hall–Kier alpha value is -2.23. The van der Waals surface area contributed by atoms with Crippen LogP contribution in [0.2, 0.25) is 0 Å². The number of aromatic nitrogens is 1. The first-order valence-electron chi connectivity index (χ1n) is 6.62. The summed E-state index contributed by atoms with van der Waals surface area (Å²) >= 11 is 0. The van der Waals surface area contributed by atoms with Crippen molar-refractivity contribution in [2.45, 2.75) is 20.3 Å². The Morgan fingerprint density at radius 2 is 1.95 bits per heavy atom. The first-order chi connectivity index (χ1) is 9.65. The van der Waals surface area contributed by atoms with Crippen molar-refractivity contribution in [1.82, 2.24) is 4.98 Å². The van der Waals surface area contributed by atoms with Crippen molar-refractivity contribution in [2.75, 3.05) is 13.7 Å². The van der Waals surface area contributed by atoms with Crippen LogP contribution >= 0.6 is 0 Å². The van der Waals surface area contributed by atoms with Gasteiger partial charge < -0.3 is 14.5 Å². The molecule has 0 amide bonds. The van der Waals surface area contributed by atoms with Gasteiger partial charge in [-0.05, 0) is 43.5 Å². The van der Waals surface area contributed by atoms with Gasteiger partial charge in [-0.25, -0.2) is 4.79 Å². The lowest BCUT2D eigenvalue weighted by atomic mass is 10.0. The van der Waals surface area contributed by atoms with Crippen molar-refractivity contribution in [2.24, 2.45) is 0 Å². The third kappa shape index (κ3) is 3.02. The fourth-order valence-electron chi connectivity index (χ4n) is 2.17. The van der Waals surface area contributed by atoms with Crippen LogP contribution in [-0.2, 0) is 11.2 Å². The van der Waals surface area contributed by atoms with Gasteiger partial charge in [-0.1, -0.05) is 12.1 Å². The summed E-state index contributed by atoms with van der Waals surface area (Å²) in [5.74, 6) is 0.555. The van der Waals surface area contributed by atoms with Crippen molar-refractivity contribution in [1.29, 1.82) is 0 Å². The Bertz CT molecular complexity index is 584. The van der Waals surface area contributed by atoms with Gasteiger partial charge in [0.2, 0.25) is 0 Å². The zero-order valence-corrected chi connectivity index (χ0v) is 12.0. The summed E-state index contributed by atoms with van der Waals surface area (Å²) < 4.78 is 10.2. The second kappa shape index (κ2) is 6.28. The highest BCUT2D eigenvalue weighted by molar-refractivity contribution is 5.92. The Morgan fingerprint density at radius 3 is 2.55 bits per heavy atom. The number of ether oxygens (including phenoxy) is 2. The largest absolute Gasteiger partial charge is 0.497 e. The monoisotopic (exact) mass is 273 g/mol. The lowest BCUT2D eigenvalue weighted by Crippen LogP contribution is -2.08. The third-order valence-electron chi connectivity index (χ3n) is 3.19. The van der Waals surface area contributed by atoms with E-state index in [1.54, 1.807) is 7.11 Å². The SMILES string of the molecule is CCOC(=O)c1c(Cc2ccc(OC)cc2)c[nH]c1C. The fourth-order valence-corrected chi connectivity index (χ4v) is 2.17. The summed E-state index contributed by atoms with van der Waals surface area (Å²) in [6, 6.07) is 7.82. The summed E-state index contributed by atoms with van der Waals surface area (Å²) in [7, 11) is 1.64.